The van der Waals surface area contributed by atoms with Crippen molar-refractivity contribution in [2.75, 3.05) is 0 Å². The largest absolute Gasteiger partial charge is 0.493 e. The van der Waals surface area contributed by atoms with Crippen LogP contribution in [0.1, 0.15) is 24.5 Å². The van der Waals surface area contributed by atoms with Crippen LogP contribution >= 0.6 is 0 Å². The number of aromatic hydroxyl groups is 1. The molecule has 0 saturated carbocycles. The van der Waals surface area contributed by atoms with Gasteiger partial charge in [0.05, 0.1) is 4.92 Å². The van der Waals surface area contributed by atoms with Gasteiger partial charge < -0.3 is 5.11 Å². The van der Waals surface area contributed by atoms with E-state index in [4.69, 9.17) is 0 Å². The first-order valence-electron chi connectivity index (χ1n) is 7.44. The Labute approximate surface area is 142 Å². The molecular formula is C16H15N5O4. The normalized spacial score (nSPS) is 10.8. The third kappa shape index (κ3) is 3.37. The highest BCUT2D eigenvalue weighted by atomic mass is 16.6. The van der Waals surface area contributed by atoms with Crippen molar-refractivity contribution in [3.63, 3.8) is 0 Å². The Kier molecular flexibility index (Phi) is 5.24. The van der Waals surface area contributed by atoms with Gasteiger partial charge in [0.25, 0.3) is 11.2 Å². The second-order valence-corrected chi connectivity index (χ2v) is 5.19. The average molecular weight is 341 g/mol. The number of nitro groups is 1. The van der Waals surface area contributed by atoms with E-state index >= 15 is 0 Å². The molecule has 0 spiro atoms. The standard InChI is InChI=1S/C16H15N5O4/c1-3-8-20-15(22)11(9-17)10(2)14(16(20)23)19-18-12-6-4-5-7-13(12)21(24)25/h4-7,22H,3,8H2,1-2H3. The fourth-order valence-corrected chi connectivity index (χ4v) is 2.30. The van der Waals surface area contributed by atoms with Crippen molar-refractivity contribution in [3.8, 4) is 11.9 Å². The van der Waals surface area contributed by atoms with E-state index in [0.717, 1.165) is 4.57 Å². The van der Waals surface area contributed by atoms with Crippen molar-refractivity contribution in [1.29, 1.82) is 5.26 Å². The summed E-state index contributed by atoms with van der Waals surface area (Å²) in [6.45, 7) is 3.48. The number of benzene rings is 1. The van der Waals surface area contributed by atoms with Gasteiger partial charge in [-0.2, -0.15) is 5.26 Å². The summed E-state index contributed by atoms with van der Waals surface area (Å²) in [5.41, 5.74) is -0.930. The summed E-state index contributed by atoms with van der Waals surface area (Å²) < 4.78 is 1.04. The number of rotatable bonds is 5. The van der Waals surface area contributed by atoms with Crippen molar-refractivity contribution >= 4 is 17.1 Å². The number of nitrogens with zero attached hydrogens (tertiary/aromatic N) is 5. The molecule has 0 amide bonds. The predicted molar refractivity (Wildman–Crippen MR) is 89.4 cm³/mol. The lowest BCUT2D eigenvalue weighted by atomic mass is 10.1. The van der Waals surface area contributed by atoms with Gasteiger partial charge in [0.1, 0.15) is 11.6 Å². The number of azo groups is 1. The number of nitriles is 1. The Bertz CT molecular complexity index is 956. The zero-order valence-corrected chi connectivity index (χ0v) is 13.6. The lowest BCUT2D eigenvalue weighted by molar-refractivity contribution is -0.384. The van der Waals surface area contributed by atoms with E-state index in [0.29, 0.717) is 6.42 Å². The summed E-state index contributed by atoms with van der Waals surface area (Å²) in [4.78, 5) is 22.9. The van der Waals surface area contributed by atoms with E-state index in [1.807, 2.05) is 13.0 Å². The maximum Gasteiger partial charge on any atom is 0.296 e. The predicted octanol–water partition coefficient (Wildman–Crippen LogP) is 3.47. The molecule has 0 unspecified atom stereocenters. The molecule has 0 saturated heterocycles. The van der Waals surface area contributed by atoms with E-state index in [9.17, 15) is 25.3 Å². The van der Waals surface area contributed by atoms with Crippen LogP contribution in [0, 0.1) is 28.4 Å². The molecule has 1 heterocycles. The SMILES string of the molecule is CCCn1c(O)c(C#N)c(C)c(N=Nc2ccccc2[N+](=O)[O-])c1=O. The van der Waals surface area contributed by atoms with Crippen LogP contribution in [0.3, 0.4) is 0 Å². The maximum atomic E-state index is 12.5. The monoisotopic (exact) mass is 341 g/mol. The van der Waals surface area contributed by atoms with Crippen molar-refractivity contribution in [1.82, 2.24) is 4.57 Å². The van der Waals surface area contributed by atoms with Crippen LogP contribution in [0.4, 0.5) is 17.1 Å². The molecule has 0 fully saturated rings. The first kappa shape index (κ1) is 17.8. The van der Waals surface area contributed by atoms with Gasteiger partial charge in [0, 0.05) is 18.2 Å². The van der Waals surface area contributed by atoms with Gasteiger partial charge in [-0.25, -0.2) is 0 Å². The molecule has 0 aliphatic rings. The van der Waals surface area contributed by atoms with Crippen LogP contribution in [0.15, 0.2) is 39.3 Å². The highest BCUT2D eigenvalue weighted by Crippen LogP contribution is 2.30. The van der Waals surface area contributed by atoms with E-state index in [1.165, 1.54) is 25.1 Å². The van der Waals surface area contributed by atoms with E-state index < -0.39 is 16.4 Å². The number of pyridine rings is 1. The number of hydrogen-bond donors (Lipinski definition) is 1. The van der Waals surface area contributed by atoms with Crippen LogP contribution in [-0.2, 0) is 6.54 Å². The molecule has 128 valence electrons. The van der Waals surface area contributed by atoms with Crippen molar-refractivity contribution in [2.24, 2.45) is 10.2 Å². The van der Waals surface area contributed by atoms with Crippen LogP contribution in [0.2, 0.25) is 0 Å². The molecule has 25 heavy (non-hydrogen) atoms. The Balaban J connectivity index is 2.65. The Hall–Kier alpha value is -3.54. The van der Waals surface area contributed by atoms with Gasteiger partial charge in [-0.15, -0.1) is 10.2 Å². The van der Waals surface area contributed by atoms with Gasteiger partial charge in [-0.3, -0.25) is 19.5 Å². The summed E-state index contributed by atoms with van der Waals surface area (Å²) in [6.07, 6.45) is 0.558. The molecular weight excluding hydrogens is 326 g/mol. The molecule has 2 rings (SSSR count). The fraction of sp³-hybridized carbons (Fsp3) is 0.250. The summed E-state index contributed by atoms with van der Waals surface area (Å²) >= 11 is 0. The number of aromatic nitrogens is 1. The van der Waals surface area contributed by atoms with E-state index in [1.54, 1.807) is 6.07 Å². The third-order valence-corrected chi connectivity index (χ3v) is 3.55. The molecule has 9 nitrogen and oxygen atoms in total. The molecule has 2 aromatic rings. The van der Waals surface area contributed by atoms with Crippen LogP contribution < -0.4 is 5.56 Å². The van der Waals surface area contributed by atoms with Gasteiger partial charge in [-0.1, -0.05) is 19.1 Å². The number of hydrogen-bond acceptors (Lipinski definition) is 7. The second-order valence-electron chi connectivity index (χ2n) is 5.19. The van der Waals surface area contributed by atoms with Crippen molar-refractivity contribution in [2.45, 2.75) is 26.8 Å². The highest BCUT2D eigenvalue weighted by molar-refractivity contribution is 5.59. The molecule has 0 bridgehead atoms. The first-order chi connectivity index (χ1) is 11.9. The maximum absolute atomic E-state index is 12.5. The molecule has 9 heteroatoms. The van der Waals surface area contributed by atoms with Crippen molar-refractivity contribution < 1.29 is 10.0 Å². The summed E-state index contributed by atoms with van der Waals surface area (Å²) in [5, 5.41) is 38.0. The summed E-state index contributed by atoms with van der Waals surface area (Å²) in [6, 6.07) is 7.55. The average Bonchev–Trinajstić information content (AvgIpc) is 2.59. The number of nitro benzene ring substituents is 1. The second kappa shape index (κ2) is 7.35. The minimum Gasteiger partial charge on any atom is -0.493 e. The van der Waals surface area contributed by atoms with Gasteiger partial charge >= 0.3 is 0 Å². The van der Waals surface area contributed by atoms with Crippen molar-refractivity contribution in [3.05, 3.63) is 55.9 Å². The molecule has 0 radical (unpaired) electrons. The minimum atomic E-state index is -0.613. The third-order valence-electron chi connectivity index (χ3n) is 3.55. The molecule has 0 aliphatic carbocycles. The summed E-state index contributed by atoms with van der Waals surface area (Å²) in [5.74, 6) is -0.420. The minimum absolute atomic E-state index is 0.0140. The van der Waals surface area contributed by atoms with Crippen LogP contribution in [0.5, 0.6) is 5.88 Å². The summed E-state index contributed by atoms with van der Waals surface area (Å²) in [7, 11) is 0. The molecule has 0 atom stereocenters. The lowest BCUT2D eigenvalue weighted by Crippen LogP contribution is -2.21. The fourth-order valence-electron chi connectivity index (χ4n) is 2.30. The smallest absolute Gasteiger partial charge is 0.296 e. The highest BCUT2D eigenvalue weighted by Gasteiger charge is 2.19. The van der Waals surface area contributed by atoms with E-state index in [2.05, 4.69) is 10.2 Å². The topological polar surface area (TPSA) is 134 Å². The molecule has 0 aliphatic heterocycles. The first-order valence-corrected chi connectivity index (χ1v) is 7.44. The number of para-hydroxylation sites is 1. The zero-order chi connectivity index (χ0) is 18.6. The quantitative estimate of drug-likeness (QED) is 0.505. The molecule has 1 N–H and O–H groups in total. The van der Waals surface area contributed by atoms with Crippen LogP contribution in [-0.4, -0.2) is 14.6 Å². The lowest BCUT2D eigenvalue weighted by Gasteiger charge is -2.11. The molecule has 1 aromatic heterocycles. The molecule has 1 aromatic carbocycles. The Morgan fingerprint density at radius 3 is 2.64 bits per heavy atom. The van der Waals surface area contributed by atoms with Gasteiger partial charge in [-0.05, 0) is 19.4 Å². The van der Waals surface area contributed by atoms with Gasteiger partial charge in [0.2, 0.25) is 5.88 Å². The Morgan fingerprint density at radius 2 is 2.04 bits per heavy atom. The zero-order valence-electron chi connectivity index (χ0n) is 13.6. The van der Waals surface area contributed by atoms with Gasteiger partial charge in [0.15, 0.2) is 11.4 Å². The van der Waals surface area contributed by atoms with Crippen LogP contribution in [0.25, 0.3) is 0 Å². The van der Waals surface area contributed by atoms with E-state index in [-0.39, 0.29) is 34.7 Å². The Morgan fingerprint density at radius 1 is 1.36 bits per heavy atom.